The summed E-state index contributed by atoms with van der Waals surface area (Å²) in [6, 6.07) is 4.64. The average Bonchev–Trinajstić information content (AvgIpc) is 2.32. The number of alkyl halides is 2. The van der Waals surface area contributed by atoms with Crippen molar-refractivity contribution in [2.75, 3.05) is 12.8 Å². The third-order valence-electron chi connectivity index (χ3n) is 2.66. The summed E-state index contributed by atoms with van der Waals surface area (Å²) in [6.45, 7) is 2.59. The van der Waals surface area contributed by atoms with Gasteiger partial charge in [-0.15, -0.1) is 0 Å². The highest BCUT2D eigenvalue weighted by atomic mass is 35.5. The molecule has 19 heavy (non-hydrogen) atoms. The summed E-state index contributed by atoms with van der Waals surface area (Å²) in [6.07, 6.45) is 2.03. The van der Waals surface area contributed by atoms with Crippen molar-refractivity contribution in [1.82, 2.24) is 5.32 Å². The molecule has 0 aliphatic rings. The normalized spacial score (nSPS) is 11.9. The molecule has 2 nitrogen and oxygen atoms in total. The number of halogens is 3. The van der Waals surface area contributed by atoms with Gasteiger partial charge in [0.1, 0.15) is 5.75 Å². The molecule has 1 N–H and O–H groups in total. The lowest BCUT2D eigenvalue weighted by Gasteiger charge is -2.22. The maximum atomic E-state index is 12.3. The van der Waals surface area contributed by atoms with E-state index in [2.05, 4.69) is 23.9 Å². The van der Waals surface area contributed by atoms with E-state index < -0.39 is 6.61 Å². The van der Waals surface area contributed by atoms with E-state index in [1.807, 2.05) is 6.26 Å². The van der Waals surface area contributed by atoms with Crippen LogP contribution in [-0.4, -0.2) is 24.2 Å². The molecule has 0 amide bonds. The zero-order valence-electron chi connectivity index (χ0n) is 11.2. The summed E-state index contributed by atoms with van der Waals surface area (Å²) in [4.78, 5) is 0. The molecule has 1 rings (SSSR count). The molecule has 0 aromatic heterocycles. The lowest BCUT2D eigenvalue weighted by Crippen LogP contribution is -2.31. The van der Waals surface area contributed by atoms with Crippen LogP contribution in [0.5, 0.6) is 5.75 Å². The first kappa shape index (κ1) is 16.5. The first-order chi connectivity index (χ1) is 8.84. The molecule has 108 valence electrons. The fourth-order valence-corrected chi connectivity index (χ4v) is 1.91. The molecule has 0 heterocycles. The first-order valence-electron chi connectivity index (χ1n) is 5.83. The van der Waals surface area contributed by atoms with Gasteiger partial charge < -0.3 is 10.1 Å². The van der Waals surface area contributed by atoms with Gasteiger partial charge in [-0.05, 0) is 38.3 Å². The Labute approximate surface area is 121 Å². The minimum atomic E-state index is -2.83. The van der Waals surface area contributed by atoms with Crippen molar-refractivity contribution in [1.29, 1.82) is 0 Å². The Morgan fingerprint density at radius 2 is 2.11 bits per heavy atom. The zero-order valence-corrected chi connectivity index (χ0v) is 12.7. The van der Waals surface area contributed by atoms with E-state index in [1.54, 1.807) is 17.8 Å². The molecular formula is C13H18ClF2NOS. The highest BCUT2D eigenvalue weighted by Crippen LogP contribution is 2.25. The first-order valence-corrected chi connectivity index (χ1v) is 7.43. The van der Waals surface area contributed by atoms with Crippen LogP contribution < -0.4 is 10.1 Å². The summed E-state index contributed by atoms with van der Waals surface area (Å²) in [7, 11) is 0. The second-order valence-corrected chi connectivity index (χ2v) is 6.65. The molecule has 0 radical (unpaired) electrons. The number of hydrogen-bond donors (Lipinski definition) is 1. The summed E-state index contributed by atoms with van der Waals surface area (Å²) in [5.74, 6) is 0.161. The number of ether oxygens (including phenoxy) is 1. The van der Waals surface area contributed by atoms with Crippen LogP contribution in [0.1, 0.15) is 19.4 Å². The third kappa shape index (κ3) is 5.97. The van der Waals surface area contributed by atoms with Crippen molar-refractivity contribution in [3.05, 3.63) is 28.8 Å². The number of nitrogens with one attached hydrogen (secondary N) is 1. The van der Waals surface area contributed by atoms with Crippen molar-refractivity contribution in [3.8, 4) is 5.75 Å². The Morgan fingerprint density at radius 3 is 2.68 bits per heavy atom. The second kappa shape index (κ2) is 7.31. The van der Waals surface area contributed by atoms with Gasteiger partial charge in [-0.2, -0.15) is 20.5 Å². The Morgan fingerprint density at radius 1 is 1.42 bits per heavy atom. The van der Waals surface area contributed by atoms with Gasteiger partial charge in [-0.25, -0.2) is 0 Å². The molecule has 0 saturated heterocycles. The van der Waals surface area contributed by atoms with Crippen molar-refractivity contribution < 1.29 is 13.5 Å². The van der Waals surface area contributed by atoms with E-state index in [0.29, 0.717) is 17.1 Å². The largest absolute Gasteiger partial charge is 0.434 e. The molecule has 1 aromatic carbocycles. The van der Waals surface area contributed by atoms with Gasteiger partial charge in [0.2, 0.25) is 0 Å². The predicted octanol–water partition coefficient (Wildman–Crippen LogP) is 4.17. The van der Waals surface area contributed by atoms with Gasteiger partial charge in [0.25, 0.3) is 0 Å². The van der Waals surface area contributed by atoms with Crippen LogP contribution in [0.2, 0.25) is 5.02 Å². The molecule has 0 bridgehead atoms. The molecule has 0 aliphatic carbocycles. The molecule has 0 unspecified atom stereocenters. The second-order valence-electron chi connectivity index (χ2n) is 4.70. The van der Waals surface area contributed by atoms with Gasteiger partial charge in [0.05, 0.1) is 0 Å². The Bertz CT molecular complexity index is 416. The number of thioether (sulfide) groups is 1. The van der Waals surface area contributed by atoms with Gasteiger partial charge >= 0.3 is 6.61 Å². The summed E-state index contributed by atoms with van der Waals surface area (Å²) < 4.78 is 29.1. The van der Waals surface area contributed by atoms with Gasteiger partial charge in [0.15, 0.2) is 0 Å². The maximum Gasteiger partial charge on any atom is 0.387 e. The van der Waals surface area contributed by atoms with Crippen molar-refractivity contribution in [2.24, 2.45) is 0 Å². The van der Waals surface area contributed by atoms with Crippen LogP contribution in [0, 0.1) is 0 Å². The van der Waals surface area contributed by atoms with Crippen molar-refractivity contribution in [2.45, 2.75) is 31.8 Å². The number of benzene rings is 1. The molecule has 1 aromatic rings. The lowest BCUT2D eigenvalue weighted by atomic mass is 10.1. The number of rotatable bonds is 7. The Kier molecular flexibility index (Phi) is 6.36. The van der Waals surface area contributed by atoms with E-state index in [1.165, 1.54) is 12.1 Å². The van der Waals surface area contributed by atoms with Crippen LogP contribution in [0.15, 0.2) is 18.2 Å². The lowest BCUT2D eigenvalue weighted by molar-refractivity contribution is -0.0505. The zero-order chi connectivity index (χ0) is 14.5. The van der Waals surface area contributed by atoms with E-state index in [9.17, 15) is 8.78 Å². The van der Waals surface area contributed by atoms with Crippen LogP contribution in [0.4, 0.5) is 8.78 Å². The van der Waals surface area contributed by atoms with E-state index >= 15 is 0 Å². The molecule has 0 saturated carbocycles. The Balaban J connectivity index is 2.68. The fourth-order valence-electron chi connectivity index (χ4n) is 1.47. The molecule has 0 spiro atoms. The summed E-state index contributed by atoms with van der Waals surface area (Å²) >= 11 is 7.61. The van der Waals surface area contributed by atoms with Crippen LogP contribution in [0.3, 0.4) is 0 Å². The summed E-state index contributed by atoms with van der Waals surface area (Å²) in [5, 5.41) is 3.73. The van der Waals surface area contributed by atoms with Crippen LogP contribution in [-0.2, 0) is 6.54 Å². The predicted molar refractivity (Wildman–Crippen MR) is 77.4 cm³/mol. The van der Waals surface area contributed by atoms with Crippen molar-refractivity contribution in [3.63, 3.8) is 0 Å². The quantitative estimate of drug-likeness (QED) is 0.816. The molecule has 0 aliphatic heterocycles. The number of hydrogen-bond acceptors (Lipinski definition) is 3. The SMILES string of the molecule is CSC(C)(C)CNCc1cc(Cl)ccc1OC(F)F. The molecule has 0 fully saturated rings. The maximum absolute atomic E-state index is 12.3. The highest BCUT2D eigenvalue weighted by molar-refractivity contribution is 7.99. The summed E-state index contributed by atoms with van der Waals surface area (Å²) in [5.41, 5.74) is 0.629. The van der Waals surface area contributed by atoms with Crippen LogP contribution >= 0.6 is 23.4 Å². The molecule has 6 heteroatoms. The van der Waals surface area contributed by atoms with Gasteiger partial charge in [-0.1, -0.05) is 11.6 Å². The highest BCUT2D eigenvalue weighted by Gasteiger charge is 2.16. The van der Waals surface area contributed by atoms with Crippen LogP contribution in [0.25, 0.3) is 0 Å². The van der Waals surface area contributed by atoms with E-state index in [0.717, 1.165) is 6.54 Å². The van der Waals surface area contributed by atoms with Gasteiger partial charge in [0, 0.05) is 28.4 Å². The topological polar surface area (TPSA) is 21.3 Å². The minimum Gasteiger partial charge on any atom is -0.434 e. The molecular weight excluding hydrogens is 292 g/mol. The van der Waals surface area contributed by atoms with E-state index in [4.69, 9.17) is 11.6 Å². The van der Waals surface area contributed by atoms with Crippen molar-refractivity contribution >= 4 is 23.4 Å². The average molecular weight is 310 g/mol. The monoisotopic (exact) mass is 309 g/mol. The molecule has 0 atom stereocenters. The smallest absolute Gasteiger partial charge is 0.387 e. The standard InChI is InChI=1S/C13H18ClF2NOS/c1-13(2,19-3)8-17-7-9-6-10(14)4-5-11(9)18-12(15)16/h4-6,12,17H,7-8H2,1-3H3. The van der Waals surface area contributed by atoms with E-state index in [-0.39, 0.29) is 10.5 Å². The van der Waals surface area contributed by atoms with Gasteiger partial charge in [-0.3, -0.25) is 0 Å². The third-order valence-corrected chi connectivity index (χ3v) is 4.14. The Hall–Kier alpha value is -0.520. The minimum absolute atomic E-state index is 0.0856. The fraction of sp³-hybridized carbons (Fsp3) is 0.538.